The van der Waals surface area contributed by atoms with E-state index in [4.69, 9.17) is 9.52 Å². The maximum atomic E-state index is 10.4. The molecular formula is C14H24N2O3. The summed E-state index contributed by atoms with van der Waals surface area (Å²) in [6.45, 7) is 2.20. The molecule has 0 aromatic carbocycles. The van der Waals surface area contributed by atoms with Gasteiger partial charge < -0.3 is 9.52 Å². The lowest BCUT2D eigenvalue weighted by atomic mass is 10.1. The molecule has 0 aliphatic carbocycles. The highest BCUT2D eigenvalue weighted by Gasteiger charge is 2.06. The molecule has 0 fully saturated rings. The molecular weight excluding hydrogens is 244 g/mol. The van der Waals surface area contributed by atoms with Crippen LogP contribution in [0.1, 0.15) is 70.1 Å². The minimum Gasteiger partial charge on any atom is -0.481 e. The minimum absolute atomic E-state index is 0.207. The van der Waals surface area contributed by atoms with Crippen molar-refractivity contribution >= 4 is 5.97 Å². The standard InChI is InChI=1S/C14H24N2O3/c1-2-3-4-5-6-9-12-15-16-13(19-12)10-7-8-11-14(17)18/h2-11H2,1H3,(H,17,18). The lowest BCUT2D eigenvalue weighted by molar-refractivity contribution is -0.137. The van der Waals surface area contributed by atoms with Gasteiger partial charge in [0.15, 0.2) is 0 Å². The smallest absolute Gasteiger partial charge is 0.303 e. The highest BCUT2D eigenvalue weighted by atomic mass is 16.4. The van der Waals surface area contributed by atoms with Crippen LogP contribution in [0.5, 0.6) is 0 Å². The number of nitrogens with zero attached hydrogens (tertiary/aromatic N) is 2. The highest BCUT2D eigenvalue weighted by molar-refractivity contribution is 5.66. The molecule has 0 aliphatic rings. The molecule has 0 amide bonds. The molecule has 5 nitrogen and oxygen atoms in total. The summed E-state index contributed by atoms with van der Waals surface area (Å²) in [4.78, 5) is 10.4. The van der Waals surface area contributed by atoms with Crippen LogP contribution in [0.2, 0.25) is 0 Å². The zero-order valence-electron chi connectivity index (χ0n) is 11.7. The summed E-state index contributed by atoms with van der Waals surface area (Å²) in [6, 6.07) is 0. The van der Waals surface area contributed by atoms with Crippen molar-refractivity contribution in [2.75, 3.05) is 0 Å². The van der Waals surface area contributed by atoms with Gasteiger partial charge in [-0.15, -0.1) is 10.2 Å². The first-order valence-corrected chi connectivity index (χ1v) is 7.25. The fraction of sp³-hybridized carbons (Fsp3) is 0.786. The Labute approximate surface area is 114 Å². The van der Waals surface area contributed by atoms with Crippen LogP contribution < -0.4 is 0 Å². The van der Waals surface area contributed by atoms with Crippen molar-refractivity contribution in [3.8, 4) is 0 Å². The van der Waals surface area contributed by atoms with Crippen molar-refractivity contribution in [2.24, 2.45) is 0 Å². The number of carboxylic acids is 1. The summed E-state index contributed by atoms with van der Waals surface area (Å²) >= 11 is 0. The zero-order chi connectivity index (χ0) is 13.9. The van der Waals surface area contributed by atoms with Gasteiger partial charge in [0.1, 0.15) is 0 Å². The van der Waals surface area contributed by atoms with E-state index in [1.165, 1.54) is 25.7 Å². The first-order valence-electron chi connectivity index (χ1n) is 7.25. The Kier molecular flexibility index (Phi) is 7.86. The Bertz CT molecular complexity index is 363. The quantitative estimate of drug-likeness (QED) is 0.622. The molecule has 0 saturated carbocycles. The van der Waals surface area contributed by atoms with E-state index in [9.17, 15) is 4.79 Å². The van der Waals surface area contributed by atoms with E-state index >= 15 is 0 Å². The summed E-state index contributed by atoms with van der Waals surface area (Å²) in [6.07, 6.45) is 9.30. The summed E-state index contributed by atoms with van der Waals surface area (Å²) in [7, 11) is 0. The van der Waals surface area contributed by atoms with Gasteiger partial charge in [0.2, 0.25) is 11.8 Å². The minimum atomic E-state index is -0.752. The van der Waals surface area contributed by atoms with Gasteiger partial charge in [0.25, 0.3) is 0 Å². The van der Waals surface area contributed by atoms with Crippen LogP contribution in [-0.4, -0.2) is 21.3 Å². The Morgan fingerprint density at radius 1 is 1.00 bits per heavy atom. The molecule has 0 saturated heterocycles. The summed E-state index contributed by atoms with van der Waals surface area (Å²) in [5.74, 6) is 0.594. The Morgan fingerprint density at radius 3 is 2.16 bits per heavy atom. The van der Waals surface area contributed by atoms with Crippen molar-refractivity contribution in [1.29, 1.82) is 0 Å². The van der Waals surface area contributed by atoms with Crippen LogP contribution >= 0.6 is 0 Å². The van der Waals surface area contributed by atoms with Crippen molar-refractivity contribution in [2.45, 2.75) is 71.1 Å². The largest absolute Gasteiger partial charge is 0.481 e. The maximum absolute atomic E-state index is 10.4. The SMILES string of the molecule is CCCCCCCc1nnc(CCCCC(=O)O)o1. The van der Waals surface area contributed by atoms with Crippen molar-refractivity contribution < 1.29 is 14.3 Å². The molecule has 0 unspecified atom stereocenters. The van der Waals surface area contributed by atoms with Gasteiger partial charge >= 0.3 is 5.97 Å². The summed E-state index contributed by atoms with van der Waals surface area (Å²) in [5.41, 5.74) is 0. The molecule has 0 atom stereocenters. The van der Waals surface area contributed by atoms with Gasteiger partial charge in [-0.05, 0) is 19.3 Å². The Hall–Kier alpha value is -1.39. The molecule has 0 bridgehead atoms. The number of aryl methyl sites for hydroxylation is 2. The second-order valence-electron chi connectivity index (χ2n) is 4.85. The van der Waals surface area contributed by atoms with Crippen LogP contribution in [-0.2, 0) is 17.6 Å². The first kappa shape index (κ1) is 15.7. The third-order valence-electron chi connectivity index (χ3n) is 3.03. The molecule has 5 heteroatoms. The molecule has 1 aromatic rings. The first-order chi connectivity index (χ1) is 9.22. The Morgan fingerprint density at radius 2 is 1.58 bits per heavy atom. The number of aliphatic carboxylic acids is 1. The van der Waals surface area contributed by atoms with Gasteiger partial charge in [-0.25, -0.2) is 0 Å². The molecule has 1 heterocycles. The molecule has 19 heavy (non-hydrogen) atoms. The van der Waals surface area contributed by atoms with Gasteiger partial charge in [0.05, 0.1) is 0 Å². The van der Waals surface area contributed by atoms with Crippen LogP contribution in [0.25, 0.3) is 0 Å². The molecule has 0 radical (unpaired) electrons. The lowest BCUT2D eigenvalue weighted by Crippen LogP contribution is -1.95. The highest BCUT2D eigenvalue weighted by Crippen LogP contribution is 2.10. The molecule has 108 valence electrons. The normalized spacial score (nSPS) is 10.8. The van der Waals surface area contributed by atoms with Crippen molar-refractivity contribution in [1.82, 2.24) is 10.2 Å². The number of carboxylic acid groups (broad SMARTS) is 1. The number of unbranched alkanes of at least 4 members (excludes halogenated alkanes) is 5. The average molecular weight is 268 g/mol. The number of carbonyl (C=O) groups is 1. The van der Waals surface area contributed by atoms with Gasteiger partial charge in [0, 0.05) is 19.3 Å². The van der Waals surface area contributed by atoms with E-state index in [1.54, 1.807) is 0 Å². The summed E-state index contributed by atoms with van der Waals surface area (Å²) in [5, 5.41) is 16.5. The molecule has 0 spiro atoms. The van der Waals surface area contributed by atoms with E-state index in [-0.39, 0.29) is 6.42 Å². The molecule has 0 aliphatic heterocycles. The lowest BCUT2D eigenvalue weighted by Gasteiger charge is -1.97. The van der Waals surface area contributed by atoms with Crippen LogP contribution in [0.3, 0.4) is 0 Å². The predicted molar refractivity (Wildman–Crippen MR) is 72.0 cm³/mol. The van der Waals surface area contributed by atoms with E-state index in [0.717, 1.165) is 19.3 Å². The Balaban J connectivity index is 2.12. The molecule has 1 aromatic heterocycles. The van der Waals surface area contributed by atoms with Crippen LogP contribution in [0.15, 0.2) is 4.42 Å². The van der Waals surface area contributed by atoms with E-state index in [2.05, 4.69) is 17.1 Å². The van der Waals surface area contributed by atoms with Crippen molar-refractivity contribution in [3.05, 3.63) is 11.8 Å². The average Bonchev–Trinajstić information content (AvgIpc) is 2.82. The molecule has 1 rings (SSSR count). The van der Waals surface area contributed by atoms with Gasteiger partial charge in [-0.1, -0.05) is 32.6 Å². The number of hydrogen-bond donors (Lipinski definition) is 1. The fourth-order valence-corrected chi connectivity index (χ4v) is 1.92. The fourth-order valence-electron chi connectivity index (χ4n) is 1.92. The second-order valence-corrected chi connectivity index (χ2v) is 4.85. The second kappa shape index (κ2) is 9.53. The maximum Gasteiger partial charge on any atom is 0.303 e. The monoisotopic (exact) mass is 268 g/mol. The molecule has 1 N–H and O–H groups in total. The van der Waals surface area contributed by atoms with Crippen molar-refractivity contribution in [3.63, 3.8) is 0 Å². The topological polar surface area (TPSA) is 76.2 Å². The van der Waals surface area contributed by atoms with E-state index < -0.39 is 5.97 Å². The van der Waals surface area contributed by atoms with E-state index in [0.29, 0.717) is 24.6 Å². The van der Waals surface area contributed by atoms with E-state index in [1.807, 2.05) is 0 Å². The van der Waals surface area contributed by atoms with Crippen LogP contribution in [0, 0.1) is 0 Å². The number of aromatic nitrogens is 2. The predicted octanol–water partition coefficient (Wildman–Crippen LogP) is 3.38. The van der Waals surface area contributed by atoms with Crippen LogP contribution in [0.4, 0.5) is 0 Å². The summed E-state index contributed by atoms with van der Waals surface area (Å²) < 4.78 is 5.53. The zero-order valence-corrected chi connectivity index (χ0v) is 11.7. The van der Waals surface area contributed by atoms with Gasteiger partial charge in [-0.2, -0.15) is 0 Å². The third kappa shape index (κ3) is 7.59. The van der Waals surface area contributed by atoms with Gasteiger partial charge in [-0.3, -0.25) is 4.79 Å². The number of rotatable bonds is 11. The number of hydrogen-bond acceptors (Lipinski definition) is 4. The third-order valence-corrected chi connectivity index (χ3v) is 3.03.